The number of rotatable bonds is 42. The van der Waals surface area contributed by atoms with E-state index < -0.39 is 77.3 Å². The fourth-order valence-electron chi connectivity index (χ4n) is 9.66. The van der Waals surface area contributed by atoms with Gasteiger partial charge in [0.15, 0.2) is 11.9 Å². The lowest BCUT2D eigenvalue weighted by Gasteiger charge is -2.40. The zero-order valence-electron chi connectivity index (χ0n) is 51.6. The van der Waals surface area contributed by atoms with Crippen LogP contribution in [-0.2, 0) is 68.5 Å². The van der Waals surface area contributed by atoms with Crippen molar-refractivity contribution in [3.63, 3.8) is 0 Å². The van der Waals surface area contributed by atoms with Crippen LogP contribution in [0.15, 0.2) is 41.8 Å². The second-order valence-electron chi connectivity index (χ2n) is 22.5. The van der Waals surface area contributed by atoms with Crippen LogP contribution < -0.4 is 21.3 Å². The SMILES string of the molecule is CCCN(C(=O)[C@@H](CC(=O)C(C)(C)N(C)CCC(=O)NC(CCCCNC(=O)CCN1C(=O)C=CC1=O)C(=O)NCCOCCOC)C(C)CC)[C@H](C[C@@H](OC(C)=O)c1nc(C(=O)N[C@@H](Cc2ccc(C)cc2)CC(C)OC=O)cs1)C(C)C. The van der Waals surface area contributed by atoms with Crippen molar-refractivity contribution in [3.8, 4) is 0 Å². The molecule has 0 saturated carbocycles. The molecule has 1 aliphatic heterocycles. The van der Waals surface area contributed by atoms with Crippen LogP contribution in [0, 0.1) is 24.7 Å². The van der Waals surface area contributed by atoms with Crippen LogP contribution in [0.4, 0.5) is 0 Å². The number of Topliss-reactive ketones (excluding diaryl/α,β-unsaturated/α-hetero) is 1. The van der Waals surface area contributed by atoms with Gasteiger partial charge >= 0.3 is 5.97 Å². The molecule has 2 heterocycles. The average Bonchev–Trinajstić information content (AvgIpc) is 4.11. The summed E-state index contributed by atoms with van der Waals surface area (Å²) < 4.78 is 21.6. The Kier molecular flexibility index (Phi) is 31.7. The monoisotopic (exact) mass is 1190 g/mol. The summed E-state index contributed by atoms with van der Waals surface area (Å²) >= 11 is 1.17. The van der Waals surface area contributed by atoms with Crippen molar-refractivity contribution in [2.45, 2.75) is 176 Å². The predicted octanol–water partition coefficient (Wildman–Crippen LogP) is 5.59. The summed E-state index contributed by atoms with van der Waals surface area (Å²) in [7, 11) is 3.29. The number of carbonyl (C=O) groups excluding carboxylic acids is 10. The second-order valence-corrected chi connectivity index (χ2v) is 23.4. The summed E-state index contributed by atoms with van der Waals surface area (Å²) in [5.41, 5.74) is 1.08. The number of esters is 1. The Labute approximate surface area is 500 Å². The number of nitrogens with zero attached hydrogens (tertiary/aromatic N) is 4. The van der Waals surface area contributed by atoms with Gasteiger partial charge in [-0.2, -0.15) is 0 Å². The molecule has 1 aromatic carbocycles. The summed E-state index contributed by atoms with van der Waals surface area (Å²) in [6.07, 6.45) is 4.13. The number of methoxy groups -OCH3 is 1. The molecule has 4 N–H and O–H groups in total. The molecule has 3 rings (SSSR count). The number of hydrogen-bond donors (Lipinski definition) is 4. The highest BCUT2D eigenvalue weighted by Crippen LogP contribution is 2.34. The van der Waals surface area contributed by atoms with Gasteiger partial charge in [0.05, 0.1) is 25.4 Å². The maximum Gasteiger partial charge on any atom is 0.303 e. The van der Waals surface area contributed by atoms with Crippen LogP contribution >= 0.6 is 11.3 Å². The Morgan fingerprint density at radius 3 is 2.17 bits per heavy atom. The van der Waals surface area contributed by atoms with E-state index in [1.54, 1.807) is 45.2 Å². The van der Waals surface area contributed by atoms with Crippen LogP contribution in [0.5, 0.6) is 0 Å². The molecule has 0 saturated heterocycles. The number of carbonyl (C=O) groups is 10. The van der Waals surface area contributed by atoms with Crippen molar-refractivity contribution in [2.24, 2.45) is 17.8 Å². The van der Waals surface area contributed by atoms with Gasteiger partial charge in [0.25, 0.3) is 24.2 Å². The van der Waals surface area contributed by atoms with Gasteiger partial charge in [0, 0.05) is 114 Å². The topological polar surface area (TPSA) is 278 Å². The number of nitrogens with one attached hydrogen (secondary N) is 4. The van der Waals surface area contributed by atoms with Crippen LogP contribution in [-0.4, -0.2) is 176 Å². The number of ether oxygens (including phenoxy) is 4. The molecule has 3 unspecified atom stereocenters. The van der Waals surface area contributed by atoms with Gasteiger partial charge in [0.1, 0.15) is 22.8 Å². The minimum absolute atomic E-state index is 0.0395. The molecule has 7 amide bonds. The average molecular weight is 1200 g/mol. The predicted molar refractivity (Wildman–Crippen MR) is 318 cm³/mol. The number of aromatic nitrogens is 1. The molecular weight excluding hydrogens is 1100 g/mol. The van der Waals surface area contributed by atoms with Gasteiger partial charge in [-0.3, -0.25) is 57.7 Å². The highest BCUT2D eigenvalue weighted by molar-refractivity contribution is 7.09. The number of hydrogen-bond acceptors (Lipinski definition) is 17. The molecule has 1 aliphatic rings. The Hall–Kier alpha value is -6.43. The first-order valence-corrected chi connectivity index (χ1v) is 30.3. The number of unbranched alkanes of at least 4 members (excludes halogenated alkanes) is 1. The van der Waals surface area contributed by atoms with E-state index in [4.69, 9.17) is 23.9 Å². The third kappa shape index (κ3) is 24.3. The molecule has 84 heavy (non-hydrogen) atoms. The van der Waals surface area contributed by atoms with E-state index in [1.165, 1.54) is 18.3 Å². The van der Waals surface area contributed by atoms with E-state index in [0.29, 0.717) is 69.8 Å². The molecule has 0 fully saturated rings. The largest absolute Gasteiger partial charge is 0.465 e. The quantitative estimate of drug-likeness (QED) is 0.0273. The Bertz CT molecular complexity index is 2480. The highest BCUT2D eigenvalue weighted by Gasteiger charge is 2.41. The minimum atomic E-state index is -1.13. The standard InChI is InChI=1S/C61H94N8O14S/c1-13-28-68(50(40(3)4)37-51(83-44(8)71)59-66-49(38-84-59)58(78)64-46(34-43(7)82-39-70)35-45-20-18-41(5)19-21-45)60(79)47(42(6)14-2)36-52(72)61(9,10)67(11)29-24-54(74)65-48(57(77)63-27-31-81-33-32-80-12)17-15-16-26-62-53(73)25-30-69-55(75)22-23-56(69)76/h18-23,38-40,42-43,46-48,50-51H,13-17,24-37H2,1-12H3,(H,62,73)(H,63,77)(H,64,78)(H,65,74)/t42?,43?,46-,47+,48?,50-,51-/m1/s1. The molecule has 468 valence electrons. The van der Waals surface area contributed by atoms with Crippen molar-refractivity contribution < 1.29 is 66.9 Å². The number of ketones is 1. The number of amides is 7. The molecule has 7 atom stereocenters. The third-order valence-corrected chi connectivity index (χ3v) is 16.2. The summed E-state index contributed by atoms with van der Waals surface area (Å²) in [6.45, 7) is 20.7. The summed E-state index contributed by atoms with van der Waals surface area (Å²) in [6, 6.07) is 6.15. The molecule has 1 aromatic heterocycles. The molecular formula is C61H94N8O14S. The first-order valence-electron chi connectivity index (χ1n) is 29.4. The summed E-state index contributed by atoms with van der Waals surface area (Å²) in [5.74, 6) is -4.59. The first-order chi connectivity index (χ1) is 39.9. The van der Waals surface area contributed by atoms with Crippen molar-refractivity contribution in [3.05, 3.63) is 63.6 Å². The summed E-state index contributed by atoms with van der Waals surface area (Å²) in [4.78, 5) is 140. The maximum absolute atomic E-state index is 15.2. The maximum atomic E-state index is 15.2. The molecule has 0 bridgehead atoms. The zero-order chi connectivity index (χ0) is 62.5. The van der Waals surface area contributed by atoms with Crippen molar-refractivity contribution in [2.75, 3.05) is 66.7 Å². The normalized spacial score (nSPS) is 15.0. The highest BCUT2D eigenvalue weighted by atomic mass is 32.1. The third-order valence-electron chi connectivity index (χ3n) is 15.3. The molecule has 0 spiro atoms. The summed E-state index contributed by atoms with van der Waals surface area (Å²) in [5, 5.41) is 13.5. The number of benzene rings is 1. The lowest BCUT2D eigenvalue weighted by Crippen LogP contribution is -2.53. The minimum Gasteiger partial charge on any atom is -0.465 e. The first kappa shape index (κ1) is 71.8. The molecule has 0 aliphatic carbocycles. The second kappa shape index (κ2) is 37.1. The number of thiazole rings is 1. The Balaban J connectivity index is 1.73. The number of imide groups is 1. The van der Waals surface area contributed by atoms with E-state index in [2.05, 4.69) is 21.3 Å². The van der Waals surface area contributed by atoms with Crippen LogP contribution in [0.1, 0.15) is 159 Å². The van der Waals surface area contributed by atoms with Gasteiger partial charge < -0.3 is 45.1 Å². The van der Waals surface area contributed by atoms with E-state index in [-0.39, 0.29) is 100 Å². The van der Waals surface area contributed by atoms with Crippen molar-refractivity contribution >= 4 is 70.9 Å². The van der Waals surface area contributed by atoms with Crippen molar-refractivity contribution in [1.29, 1.82) is 0 Å². The Morgan fingerprint density at radius 1 is 0.857 bits per heavy atom. The number of likely N-dealkylation sites (N-methyl/N-ethyl adjacent to an activating group) is 1. The van der Waals surface area contributed by atoms with Gasteiger partial charge in [0.2, 0.25) is 23.6 Å². The van der Waals surface area contributed by atoms with Gasteiger partial charge in [-0.15, -0.1) is 11.3 Å². The fourth-order valence-corrected chi connectivity index (χ4v) is 10.5. The molecule has 0 radical (unpaired) electrons. The van der Waals surface area contributed by atoms with Gasteiger partial charge in [-0.1, -0.05) is 70.9 Å². The Morgan fingerprint density at radius 2 is 1.55 bits per heavy atom. The van der Waals surface area contributed by atoms with E-state index in [1.807, 2.05) is 70.7 Å². The van der Waals surface area contributed by atoms with Crippen LogP contribution in [0.2, 0.25) is 0 Å². The van der Waals surface area contributed by atoms with E-state index in [0.717, 1.165) is 28.2 Å². The number of aryl methyl sites for hydroxylation is 1. The zero-order valence-corrected chi connectivity index (χ0v) is 52.4. The van der Waals surface area contributed by atoms with Crippen LogP contribution in [0.3, 0.4) is 0 Å². The lowest BCUT2D eigenvalue weighted by atomic mass is 9.81. The van der Waals surface area contributed by atoms with E-state index in [9.17, 15) is 43.2 Å². The molecule has 22 nitrogen and oxygen atoms in total. The smallest absolute Gasteiger partial charge is 0.303 e. The van der Waals surface area contributed by atoms with Crippen LogP contribution in [0.25, 0.3) is 0 Å². The van der Waals surface area contributed by atoms with Gasteiger partial charge in [-0.25, -0.2) is 4.98 Å². The van der Waals surface area contributed by atoms with E-state index >= 15 is 4.79 Å². The fraction of sp³-hybridized carbons (Fsp3) is 0.656. The van der Waals surface area contributed by atoms with Gasteiger partial charge in [-0.05, 0) is 84.2 Å². The van der Waals surface area contributed by atoms with Crippen molar-refractivity contribution in [1.82, 2.24) is 41.0 Å². The molecule has 23 heteroatoms. The molecule has 2 aromatic rings. The lowest BCUT2D eigenvalue weighted by molar-refractivity contribution is -0.150.